The first-order valence-electron chi connectivity index (χ1n) is 5.59. The number of amides is 1. The summed E-state index contributed by atoms with van der Waals surface area (Å²) < 4.78 is 1.74. The van der Waals surface area contributed by atoms with E-state index in [0.717, 1.165) is 0 Å². The summed E-state index contributed by atoms with van der Waals surface area (Å²) in [6.07, 6.45) is 3.98. The molecule has 16 heavy (non-hydrogen) atoms. The van der Waals surface area contributed by atoms with Crippen LogP contribution in [0.25, 0.3) is 0 Å². The zero-order valence-electron chi connectivity index (χ0n) is 9.89. The second-order valence-electron chi connectivity index (χ2n) is 4.23. The van der Waals surface area contributed by atoms with Crippen molar-refractivity contribution in [2.45, 2.75) is 32.9 Å². The van der Waals surface area contributed by atoms with Crippen LogP contribution in [0.1, 0.15) is 20.3 Å². The van der Waals surface area contributed by atoms with Gasteiger partial charge in [-0.15, -0.1) is 0 Å². The molecular weight excluding hydrogens is 204 g/mol. The Morgan fingerprint density at radius 3 is 2.88 bits per heavy atom. The highest BCUT2D eigenvalue weighted by molar-refractivity contribution is 5.75. The molecule has 0 aliphatic rings. The zero-order valence-corrected chi connectivity index (χ0v) is 9.89. The van der Waals surface area contributed by atoms with Crippen LogP contribution in [0.15, 0.2) is 18.5 Å². The van der Waals surface area contributed by atoms with Crippen LogP contribution in [0.2, 0.25) is 0 Å². The number of hydrogen-bond donors (Lipinski definition) is 2. The van der Waals surface area contributed by atoms with Crippen molar-refractivity contribution < 1.29 is 4.79 Å². The second kappa shape index (κ2) is 6.27. The Kier molecular flexibility index (Phi) is 4.98. The van der Waals surface area contributed by atoms with E-state index in [9.17, 15) is 4.79 Å². The molecule has 1 amide bonds. The zero-order chi connectivity index (χ0) is 12.0. The molecule has 0 aliphatic heterocycles. The summed E-state index contributed by atoms with van der Waals surface area (Å²) in [5.41, 5.74) is 5.82. The number of nitrogens with one attached hydrogen (secondary N) is 1. The lowest BCUT2D eigenvalue weighted by molar-refractivity contribution is -0.121. The first-order valence-corrected chi connectivity index (χ1v) is 5.59. The van der Waals surface area contributed by atoms with E-state index in [4.69, 9.17) is 5.73 Å². The van der Waals surface area contributed by atoms with E-state index in [1.807, 2.05) is 26.1 Å². The maximum Gasteiger partial charge on any atom is 0.221 e. The van der Waals surface area contributed by atoms with Gasteiger partial charge in [0.25, 0.3) is 0 Å². The van der Waals surface area contributed by atoms with Crippen molar-refractivity contribution >= 4 is 5.91 Å². The summed E-state index contributed by atoms with van der Waals surface area (Å²) in [6.45, 7) is 5.23. The maximum absolute atomic E-state index is 11.5. The third-order valence-electron chi connectivity index (χ3n) is 2.52. The predicted octanol–water partition coefficient (Wildman–Crippen LogP) is 0.373. The molecule has 5 nitrogen and oxygen atoms in total. The monoisotopic (exact) mass is 224 g/mol. The molecule has 1 heterocycles. The van der Waals surface area contributed by atoms with Crippen molar-refractivity contribution in [1.82, 2.24) is 15.1 Å². The molecule has 0 aromatic carbocycles. The van der Waals surface area contributed by atoms with Crippen molar-refractivity contribution in [1.29, 1.82) is 0 Å². The highest BCUT2D eigenvalue weighted by Gasteiger charge is 2.09. The van der Waals surface area contributed by atoms with E-state index in [0.29, 0.717) is 25.4 Å². The number of aryl methyl sites for hydroxylation is 1. The van der Waals surface area contributed by atoms with Gasteiger partial charge in [-0.1, -0.05) is 13.8 Å². The fraction of sp³-hybridized carbons (Fsp3) is 0.636. The Hall–Kier alpha value is -1.36. The topological polar surface area (TPSA) is 72.9 Å². The second-order valence-corrected chi connectivity index (χ2v) is 4.23. The summed E-state index contributed by atoms with van der Waals surface area (Å²) in [4.78, 5) is 11.5. The molecule has 0 saturated heterocycles. The third kappa shape index (κ3) is 4.44. The Morgan fingerprint density at radius 1 is 1.56 bits per heavy atom. The molecule has 0 saturated carbocycles. The number of carbonyl (C=O) groups excluding carboxylic acids is 1. The van der Waals surface area contributed by atoms with Gasteiger partial charge in [0.05, 0.1) is 0 Å². The first-order chi connectivity index (χ1) is 7.59. The van der Waals surface area contributed by atoms with Gasteiger partial charge in [0.1, 0.15) is 0 Å². The first kappa shape index (κ1) is 12.7. The van der Waals surface area contributed by atoms with Gasteiger partial charge in [0, 0.05) is 37.9 Å². The van der Waals surface area contributed by atoms with E-state index >= 15 is 0 Å². The summed E-state index contributed by atoms with van der Waals surface area (Å²) in [5, 5.41) is 6.84. The van der Waals surface area contributed by atoms with Crippen LogP contribution in [0, 0.1) is 5.92 Å². The van der Waals surface area contributed by atoms with Crippen molar-refractivity contribution in [3.8, 4) is 0 Å². The molecule has 0 aliphatic carbocycles. The predicted molar refractivity (Wildman–Crippen MR) is 62.7 cm³/mol. The van der Waals surface area contributed by atoms with Crippen LogP contribution in [0.5, 0.6) is 0 Å². The normalized spacial score (nSPS) is 12.8. The Bertz CT molecular complexity index is 308. The molecule has 0 fully saturated rings. The number of nitrogens with zero attached hydrogens (tertiary/aromatic N) is 2. The molecule has 0 bridgehead atoms. The highest BCUT2D eigenvalue weighted by Crippen LogP contribution is 1.96. The lowest BCUT2D eigenvalue weighted by Crippen LogP contribution is -2.40. The quantitative estimate of drug-likeness (QED) is 0.733. The van der Waals surface area contributed by atoms with Gasteiger partial charge >= 0.3 is 0 Å². The van der Waals surface area contributed by atoms with Gasteiger partial charge in [-0.3, -0.25) is 9.48 Å². The molecule has 1 aromatic heterocycles. The van der Waals surface area contributed by atoms with Gasteiger partial charge < -0.3 is 11.1 Å². The molecule has 1 aromatic rings. The summed E-state index contributed by atoms with van der Waals surface area (Å²) in [6, 6.07) is 1.86. The Balaban J connectivity index is 2.16. The third-order valence-corrected chi connectivity index (χ3v) is 2.52. The van der Waals surface area contributed by atoms with E-state index < -0.39 is 0 Å². The van der Waals surface area contributed by atoms with E-state index in [2.05, 4.69) is 10.4 Å². The van der Waals surface area contributed by atoms with Crippen LogP contribution >= 0.6 is 0 Å². The standard InChI is InChI=1S/C11H20N4O/c1-9(2)10(12)8-13-11(16)4-7-15-6-3-5-14-15/h3,5-6,9-10H,4,7-8,12H2,1-2H3,(H,13,16). The Morgan fingerprint density at radius 2 is 2.31 bits per heavy atom. The van der Waals surface area contributed by atoms with Crippen molar-refractivity contribution in [2.24, 2.45) is 11.7 Å². The average Bonchev–Trinajstić information content (AvgIpc) is 2.75. The summed E-state index contributed by atoms with van der Waals surface area (Å²) in [5.74, 6) is 0.401. The van der Waals surface area contributed by atoms with Crippen LogP contribution in [0.4, 0.5) is 0 Å². The van der Waals surface area contributed by atoms with Gasteiger partial charge in [-0.2, -0.15) is 5.10 Å². The molecule has 5 heteroatoms. The van der Waals surface area contributed by atoms with E-state index in [-0.39, 0.29) is 11.9 Å². The highest BCUT2D eigenvalue weighted by atomic mass is 16.1. The number of aromatic nitrogens is 2. The summed E-state index contributed by atoms with van der Waals surface area (Å²) in [7, 11) is 0. The van der Waals surface area contributed by atoms with Gasteiger partial charge in [0.2, 0.25) is 5.91 Å². The summed E-state index contributed by atoms with van der Waals surface area (Å²) >= 11 is 0. The molecule has 1 unspecified atom stereocenters. The molecular formula is C11H20N4O. The molecule has 0 spiro atoms. The minimum absolute atomic E-state index is 0.0200. The van der Waals surface area contributed by atoms with E-state index in [1.165, 1.54) is 0 Å². The molecule has 1 rings (SSSR count). The molecule has 90 valence electrons. The van der Waals surface area contributed by atoms with Gasteiger partial charge in [-0.05, 0) is 12.0 Å². The number of hydrogen-bond acceptors (Lipinski definition) is 3. The maximum atomic E-state index is 11.5. The SMILES string of the molecule is CC(C)C(N)CNC(=O)CCn1cccn1. The fourth-order valence-electron chi connectivity index (χ4n) is 1.20. The van der Waals surface area contributed by atoms with Crippen LogP contribution in [-0.4, -0.2) is 28.3 Å². The van der Waals surface area contributed by atoms with Crippen LogP contribution in [-0.2, 0) is 11.3 Å². The minimum atomic E-state index is 0.0200. The largest absolute Gasteiger partial charge is 0.354 e. The molecule has 3 N–H and O–H groups in total. The molecule has 1 atom stereocenters. The van der Waals surface area contributed by atoms with Gasteiger partial charge in [-0.25, -0.2) is 0 Å². The lowest BCUT2D eigenvalue weighted by atomic mass is 10.1. The van der Waals surface area contributed by atoms with Crippen molar-refractivity contribution in [3.63, 3.8) is 0 Å². The smallest absolute Gasteiger partial charge is 0.221 e. The number of rotatable bonds is 6. The lowest BCUT2D eigenvalue weighted by Gasteiger charge is -2.16. The molecule has 0 radical (unpaired) electrons. The van der Waals surface area contributed by atoms with Gasteiger partial charge in [0.15, 0.2) is 0 Å². The average molecular weight is 224 g/mol. The van der Waals surface area contributed by atoms with Crippen LogP contribution in [0.3, 0.4) is 0 Å². The van der Waals surface area contributed by atoms with E-state index in [1.54, 1.807) is 10.9 Å². The number of carbonyl (C=O) groups is 1. The van der Waals surface area contributed by atoms with Crippen LogP contribution < -0.4 is 11.1 Å². The van der Waals surface area contributed by atoms with Crippen molar-refractivity contribution in [2.75, 3.05) is 6.54 Å². The Labute approximate surface area is 96.0 Å². The fourth-order valence-corrected chi connectivity index (χ4v) is 1.20. The van der Waals surface area contributed by atoms with Crippen molar-refractivity contribution in [3.05, 3.63) is 18.5 Å². The minimum Gasteiger partial charge on any atom is -0.354 e. The number of nitrogens with two attached hydrogens (primary N) is 1.